The van der Waals surface area contributed by atoms with Gasteiger partial charge in [-0.3, -0.25) is 9.59 Å². The smallest absolute Gasteiger partial charge is 0.326 e. The highest BCUT2D eigenvalue weighted by molar-refractivity contribution is 6.01. The highest BCUT2D eigenvalue weighted by Gasteiger charge is 2.32. The van der Waals surface area contributed by atoms with Gasteiger partial charge in [0.25, 0.3) is 0 Å². The van der Waals surface area contributed by atoms with Crippen LogP contribution in [0.4, 0.5) is 5.69 Å². The van der Waals surface area contributed by atoms with Gasteiger partial charge < -0.3 is 15.7 Å². The van der Waals surface area contributed by atoms with Crippen LogP contribution >= 0.6 is 0 Å². The van der Waals surface area contributed by atoms with Gasteiger partial charge in [0.1, 0.15) is 6.04 Å². The topological polar surface area (TPSA) is 95.5 Å². The summed E-state index contributed by atoms with van der Waals surface area (Å²) in [5, 5.41) is 14.4. The number of carboxylic acid groups (broad SMARTS) is 1. The molecule has 2 unspecified atom stereocenters. The fourth-order valence-electron chi connectivity index (χ4n) is 2.46. The number of carbonyl (C=O) groups is 3. The van der Waals surface area contributed by atoms with Crippen molar-refractivity contribution < 1.29 is 19.5 Å². The molecule has 6 nitrogen and oxygen atoms in total. The average molecular weight is 302 g/mol. The second-order valence-electron chi connectivity index (χ2n) is 5.16. The van der Waals surface area contributed by atoms with Crippen LogP contribution in [0.5, 0.6) is 0 Å². The first-order valence-electron chi connectivity index (χ1n) is 7.05. The van der Waals surface area contributed by atoms with Crippen molar-refractivity contribution >= 4 is 23.5 Å². The number of allylic oxidation sites excluding steroid dienone is 1. The Morgan fingerprint density at radius 3 is 2.86 bits per heavy atom. The van der Waals surface area contributed by atoms with Gasteiger partial charge in [-0.25, -0.2) is 4.79 Å². The van der Waals surface area contributed by atoms with Crippen LogP contribution < -0.4 is 10.6 Å². The summed E-state index contributed by atoms with van der Waals surface area (Å²) in [5.74, 6) is -2.46. The van der Waals surface area contributed by atoms with Gasteiger partial charge in [0, 0.05) is 12.1 Å². The third-order valence-corrected chi connectivity index (χ3v) is 3.59. The van der Waals surface area contributed by atoms with Crippen LogP contribution in [0, 0.1) is 0 Å². The Balaban J connectivity index is 2.16. The molecule has 3 N–H and O–H groups in total. The van der Waals surface area contributed by atoms with Crippen LogP contribution in [0.25, 0.3) is 0 Å². The standard InChI is InChI=1S/C16H18N2O4/c1-2-3-7-13(16(21)22)18-15(20)11-9-14(19)17-12-8-5-4-6-10(11)12/h2,4-6,8,11,13H,1,3,7,9H2,(H,17,19)(H,18,20)(H,21,22). The molecule has 22 heavy (non-hydrogen) atoms. The van der Waals surface area contributed by atoms with Crippen LogP contribution in [0.2, 0.25) is 0 Å². The number of amides is 2. The molecule has 1 aliphatic rings. The molecule has 1 aliphatic heterocycles. The lowest BCUT2D eigenvalue weighted by molar-refractivity contribution is -0.142. The molecule has 0 bridgehead atoms. The van der Waals surface area contributed by atoms with E-state index in [0.29, 0.717) is 17.7 Å². The van der Waals surface area contributed by atoms with E-state index in [9.17, 15) is 14.4 Å². The molecule has 0 spiro atoms. The lowest BCUT2D eigenvalue weighted by Gasteiger charge is -2.26. The maximum atomic E-state index is 12.4. The van der Waals surface area contributed by atoms with Crippen molar-refractivity contribution in [3.8, 4) is 0 Å². The van der Waals surface area contributed by atoms with Crippen molar-refractivity contribution in [1.29, 1.82) is 0 Å². The normalized spacial score (nSPS) is 17.8. The largest absolute Gasteiger partial charge is 0.480 e. The second kappa shape index (κ2) is 6.89. The molecule has 0 fully saturated rings. The third kappa shape index (κ3) is 3.52. The molecular formula is C16H18N2O4. The molecule has 1 aromatic rings. The van der Waals surface area contributed by atoms with Crippen molar-refractivity contribution in [2.24, 2.45) is 0 Å². The van der Waals surface area contributed by atoms with Gasteiger partial charge in [0.15, 0.2) is 0 Å². The highest BCUT2D eigenvalue weighted by atomic mass is 16.4. The Bertz CT molecular complexity index is 612. The lowest BCUT2D eigenvalue weighted by atomic mass is 9.89. The van der Waals surface area contributed by atoms with Gasteiger partial charge in [0.05, 0.1) is 5.92 Å². The Kier molecular flexibility index (Phi) is 4.93. The zero-order valence-electron chi connectivity index (χ0n) is 12.0. The molecule has 6 heteroatoms. The predicted octanol–water partition coefficient (Wildman–Crippen LogP) is 1.65. The summed E-state index contributed by atoms with van der Waals surface area (Å²) in [5.41, 5.74) is 1.30. The van der Waals surface area contributed by atoms with E-state index in [-0.39, 0.29) is 18.7 Å². The van der Waals surface area contributed by atoms with Crippen molar-refractivity contribution in [3.63, 3.8) is 0 Å². The summed E-state index contributed by atoms with van der Waals surface area (Å²) in [6, 6.07) is 6.05. The van der Waals surface area contributed by atoms with Crippen molar-refractivity contribution in [3.05, 3.63) is 42.5 Å². The van der Waals surface area contributed by atoms with E-state index in [4.69, 9.17) is 5.11 Å². The maximum absolute atomic E-state index is 12.4. The van der Waals surface area contributed by atoms with Crippen LogP contribution in [-0.2, 0) is 14.4 Å². The average Bonchev–Trinajstić information content (AvgIpc) is 2.49. The summed E-state index contributed by atoms with van der Waals surface area (Å²) >= 11 is 0. The van der Waals surface area contributed by atoms with Crippen molar-refractivity contribution in [1.82, 2.24) is 5.32 Å². The minimum atomic E-state index is -1.09. The van der Waals surface area contributed by atoms with Crippen molar-refractivity contribution in [2.75, 3.05) is 5.32 Å². The Morgan fingerprint density at radius 2 is 2.18 bits per heavy atom. The molecule has 2 rings (SSSR count). The van der Waals surface area contributed by atoms with E-state index in [0.717, 1.165) is 0 Å². The minimum Gasteiger partial charge on any atom is -0.480 e. The first kappa shape index (κ1) is 15.8. The summed E-state index contributed by atoms with van der Waals surface area (Å²) in [6.45, 7) is 3.54. The molecule has 2 amide bonds. The zero-order valence-corrected chi connectivity index (χ0v) is 12.0. The molecule has 0 saturated heterocycles. The molecular weight excluding hydrogens is 284 g/mol. The second-order valence-corrected chi connectivity index (χ2v) is 5.16. The number of carbonyl (C=O) groups excluding carboxylic acids is 2. The van der Waals surface area contributed by atoms with E-state index in [1.165, 1.54) is 0 Å². The van der Waals surface area contributed by atoms with E-state index in [2.05, 4.69) is 17.2 Å². The van der Waals surface area contributed by atoms with Crippen LogP contribution in [0.3, 0.4) is 0 Å². The lowest BCUT2D eigenvalue weighted by Crippen LogP contribution is -2.44. The monoisotopic (exact) mass is 302 g/mol. The SMILES string of the molecule is C=CCCC(NC(=O)C1CC(=O)Nc2ccccc21)C(=O)O. The fraction of sp³-hybridized carbons (Fsp3) is 0.312. The van der Waals surface area contributed by atoms with Gasteiger partial charge in [0.2, 0.25) is 11.8 Å². The first-order valence-corrected chi connectivity index (χ1v) is 7.05. The van der Waals surface area contributed by atoms with Gasteiger partial charge in [-0.1, -0.05) is 24.3 Å². The number of rotatable bonds is 6. The maximum Gasteiger partial charge on any atom is 0.326 e. The van der Waals surface area contributed by atoms with E-state index in [1.54, 1.807) is 30.3 Å². The molecule has 0 aliphatic carbocycles. The van der Waals surface area contributed by atoms with Crippen molar-refractivity contribution in [2.45, 2.75) is 31.2 Å². The Labute approximate surface area is 128 Å². The highest BCUT2D eigenvalue weighted by Crippen LogP contribution is 2.32. The number of para-hydroxylation sites is 1. The number of nitrogens with one attached hydrogen (secondary N) is 2. The summed E-state index contributed by atoms with van der Waals surface area (Å²) < 4.78 is 0. The minimum absolute atomic E-state index is 0.0106. The predicted molar refractivity (Wildman–Crippen MR) is 81.4 cm³/mol. The number of anilines is 1. The molecule has 2 atom stereocenters. The number of hydrogen-bond acceptors (Lipinski definition) is 3. The summed E-state index contributed by atoms with van der Waals surface area (Å²) in [6.07, 6.45) is 2.37. The molecule has 1 aromatic carbocycles. The van der Waals surface area contributed by atoms with Gasteiger partial charge in [-0.15, -0.1) is 6.58 Å². The molecule has 1 heterocycles. The molecule has 116 valence electrons. The number of carboxylic acids is 1. The Hall–Kier alpha value is -2.63. The number of aliphatic carboxylic acids is 1. The number of fused-ring (bicyclic) bond motifs is 1. The van der Waals surface area contributed by atoms with Gasteiger partial charge in [-0.05, 0) is 24.5 Å². The number of benzene rings is 1. The van der Waals surface area contributed by atoms with Gasteiger partial charge in [-0.2, -0.15) is 0 Å². The third-order valence-electron chi connectivity index (χ3n) is 3.59. The summed E-state index contributed by atoms with van der Waals surface area (Å²) in [4.78, 5) is 35.3. The fourth-order valence-corrected chi connectivity index (χ4v) is 2.46. The van der Waals surface area contributed by atoms with E-state index in [1.807, 2.05) is 0 Å². The summed E-state index contributed by atoms with van der Waals surface area (Å²) in [7, 11) is 0. The van der Waals surface area contributed by atoms with Gasteiger partial charge >= 0.3 is 5.97 Å². The quantitative estimate of drug-likeness (QED) is 0.696. The van der Waals surface area contributed by atoms with E-state index >= 15 is 0 Å². The zero-order chi connectivity index (χ0) is 16.1. The van der Waals surface area contributed by atoms with Crippen LogP contribution in [-0.4, -0.2) is 28.9 Å². The molecule has 0 aromatic heterocycles. The van der Waals surface area contributed by atoms with Crippen LogP contribution in [0.15, 0.2) is 36.9 Å². The van der Waals surface area contributed by atoms with Crippen LogP contribution in [0.1, 0.15) is 30.7 Å². The van der Waals surface area contributed by atoms with E-state index < -0.39 is 23.8 Å². The first-order chi connectivity index (χ1) is 10.5. The molecule has 0 saturated carbocycles. The molecule has 0 radical (unpaired) electrons. The number of hydrogen-bond donors (Lipinski definition) is 3. The Morgan fingerprint density at radius 1 is 1.45 bits per heavy atom.